The minimum atomic E-state index is 0.397. The van der Waals surface area contributed by atoms with Gasteiger partial charge >= 0.3 is 0 Å². The first kappa shape index (κ1) is 13.8. The Kier molecular flexibility index (Phi) is 4.98. The van der Waals surface area contributed by atoms with Gasteiger partial charge in [-0.2, -0.15) is 0 Å². The molecule has 18 heavy (non-hydrogen) atoms. The summed E-state index contributed by atoms with van der Waals surface area (Å²) in [5.74, 6) is 0.654. The summed E-state index contributed by atoms with van der Waals surface area (Å²) in [7, 11) is 0. The molecule has 4 heteroatoms. The number of halogens is 1. The van der Waals surface area contributed by atoms with Gasteiger partial charge in [-0.25, -0.2) is 4.98 Å². The Morgan fingerprint density at radius 3 is 2.72 bits per heavy atom. The molecule has 2 rings (SSSR count). The number of rotatable bonds is 4. The molecule has 1 atom stereocenters. The van der Waals surface area contributed by atoms with Crippen LogP contribution in [0.4, 0.5) is 0 Å². The lowest BCUT2D eigenvalue weighted by Crippen LogP contribution is -2.45. The molecular formula is C14H22ClN3. The zero-order valence-electron chi connectivity index (χ0n) is 11.2. The predicted octanol–water partition coefficient (Wildman–Crippen LogP) is 2.73. The quantitative estimate of drug-likeness (QED) is 0.851. The smallest absolute Gasteiger partial charge is 0.133 e. The van der Waals surface area contributed by atoms with E-state index >= 15 is 0 Å². The van der Waals surface area contributed by atoms with Gasteiger partial charge in [0.1, 0.15) is 5.15 Å². The number of nitrogens with zero attached hydrogens (tertiary/aromatic N) is 2. The summed E-state index contributed by atoms with van der Waals surface area (Å²) in [6.45, 7) is 8.82. The topological polar surface area (TPSA) is 28.2 Å². The van der Waals surface area contributed by atoms with E-state index in [4.69, 9.17) is 11.6 Å². The molecule has 1 aliphatic heterocycles. The van der Waals surface area contributed by atoms with Gasteiger partial charge in [0, 0.05) is 44.0 Å². The Hall–Kier alpha value is -0.640. The van der Waals surface area contributed by atoms with E-state index in [-0.39, 0.29) is 0 Å². The highest BCUT2D eigenvalue weighted by Crippen LogP contribution is 2.31. The van der Waals surface area contributed by atoms with Crippen LogP contribution >= 0.6 is 11.6 Å². The van der Waals surface area contributed by atoms with Crippen LogP contribution < -0.4 is 5.32 Å². The number of hydrogen-bond acceptors (Lipinski definition) is 3. The van der Waals surface area contributed by atoms with Crippen LogP contribution in [-0.2, 0) is 0 Å². The Bertz CT molecular complexity index is 375. The maximum absolute atomic E-state index is 6.27. The van der Waals surface area contributed by atoms with Crippen LogP contribution in [0, 0.1) is 5.92 Å². The third kappa shape index (κ3) is 3.44. The fourth-order valence-electron chi connectivity index (χ4n) is 2.56. The van der Waals surface area contributed by atoms with Gasteiger partial charge in [0.15, 0.2) is 0 Å². The molecule has 1 aliphatic rings. The van der Waals surface area contributed by atoms with Gasteiger partial charge in [0.25, 0.3) is 0 Å². The van der Waals surface area contributed by atoms with Gasteiger partial charge < -0.3 is 5.32 Å². The minimum Gasteiger partial charge on any atom is -0.314 e. The first-order valence-corrected chi connectivity index (χ1v) is 7.11. The summed E-state index contributed by atoms with van der Waals surface area (Å²) < 4.78 is 0. The number of aromatic nitrogens is 1. The van der Waals surface area contributed by atoms with E-state index in [0.717, 1.165) is 32.6 Å². The van der Waals surface area contributed by atoms with E-state index in [1.54, 1.807) is 6.20 Å². The van der Waals surface area contributed by atoms with E-state index < -0.39 is 0 Å². The van der Waals surface area contributed by atoms with Gasteiger partial charge in [0.2, 0.25) is 0 Å². The second kappa shape index (κ2) is 6.50. The van der Waals surface area contributed by atoms with Crippen molar-refractivity contribution in [3.05, 3.63) is 29.0 Å². The minimum absolute atomic E-state index is 0.397. The molecule has 0 radical (unpaired) electrons. The monoisotopic (exact) mass is 267 g/mol. The summed E-state index contributed by atoms with van der Waals surface area (Å²) in [5, 5.41) is 4.05. The van der Waals surface area contributed by atoms with E-state index in [1.807, 2.05) is 6.07 Å². The molecule has 0 spiro atoms. The van der Waals surface area contributed by atoms with Crippen molar-refractivity contribution in [1.29, 1.82) is 0 Å². The lowest BCUT2D eigenvalue weighted by atomic mass is 9.96. The highest BCUT2D eigenvalue weighted by Gasteiger charge is 2.24. The van der Waals surface area contributed by atoms with Crippen molar-refractivity contribution >= 4 is 11.6 Å². The van der Waals surface area contributed by atoms with Crippen molar-refractivity contribution in [2.24, 2.45) is 5.92 Å². The second-order valence-electron chi connectivity index (χ2n) is 5.31. The zero-order valence-corrected chi connectivity index (χ0v) is 12.0. The summed E-state index contributed by atoms with van der Waals surface area (Å²) in [6.07, 6.45) is 2.89. The Balaban J connectivity index is 2.21. The van der Waals surface area contributed by atoms with Crippen molar-refractivity contribution in [2.75, 3.05) is 26.2 Å². The molecule has 1 saturated heterocycles. The second-order valence-corrected chi connectivity index (χ2v) is 5.67. The molecular weight excluding hydrogens is 246 g/mol. The summed E-state index contributed by atoms with van der Waals surface area (Å²) in [5.41, 5.74) is 1.18. The van der Waals surface area contributed by atoms with Crippen LogP contribution in [0.1, 0.15) is 31.9 Å². The summed E-state index contributed by atoms with van der Waals surface area (Å²) in [6, 6.07) is 4.49. The molecule has 3 nitrogen and oxygen atoms in total. The van der Waals surface area contributed by atoms with E-state index in [1.165, 1.54) is 5.56 Å². The molecule has 0 amide bonds. The van der Waals surface area contributed by atoms with Gasteiger partial charge in [-0.05, 0) is 18.4 Å². The molecule has 1 aromatic rings. The number of nitrogens with one attached hydrogen (secondary N) is 1. The zero-order chi connectivity index (χ0) is 13.0. The van der Waals surface area contributed by atoms with Crippen LogP contribution in [0.15, 0.2) is 18.3 Å². The van der Waals surface area contributed by atoms with Crippen LogP contribution in [0.5, 0.6) is 0 Å². The molecule has 0 saturated carbocycles. The van der Waals surface area contributed by atoms with Gasteiger partial charge in [-0.1, -0.05) is 31.5 Å². The maximum Gasteiger partial charge on any atom is 0.133 e. The Morgan fingerprint density at radius 1 is 1.39 bits per heavy atom. The molecule has 1 aromatic heterocycles. The summed E-state index contributed by atoms with van der Waals surface area (Å²) in [4.78, 5) is 6.75. The fraction of sp³-hybridized carbons (Fsp3) is 0.643. The number of hydrogen-bond donors (Lipinski definition) is 1. The number of piperazine rings is 1. The third-order valence-corrected chi connectivity index (χ3v) is 3.75. The van der Waals surface area contributed by atoms with Gasteiger partial charge in [-0.15, -0.1) is 0 Å². The number of pyridine rings is 1. The lowest BCUT2D eigenvalue weighted by Gasteiger charge is -2.36. The maximum atomic E-state index is 6.27. The molecule has 0 aromatic carbocycles. The van der Waals surface area contributed by atoms with Gasteiger partial charge in [-0.3, -0.25) is 4.90 Å². The van der Waals surface area contributed by atoms with Crippen LogP contribution in [0.3, 0.4) is 0 Å². The molecule has 1 N–H and O–H groups in total. The normalized spacial score (nSPS) is 19.1. The van der Waals surface area contributed by atoms with Crippen molar-refractivity contribution < 1.29 is 0 Å². The standard InChI is InChI=1S/C14H22ClN3/c1-11(2)10-13(18-8-6-16-7-9-18)12-4-3-5-17-14(12)15/h3-5,11,13,16H,6-10H2,1-2H3/t13-/m0/s1. The van der Waals surface area contributed by atoms with Crippen molar-refractivity contribution in [1.82, 2.24) is 15.2 Å². The van der Waals surface area contributed by atoms with E-state index in [9.17, 15) is 0 Å². The van der Waals surface area contributed by atoms with Crippen LogP contribution in [0.25, 0.3) is 0 Å². The predicted molar refractivity (Wildman–Crippen MR) is 75.9 cm³/mol. The Labute approximate surface area is 115 Å². The Morgan fingerprint density at radius 2 is 2.11 bits per heavy atom. The van der Waals surface area contributed by atoms with Crippen LogP contribution in [-0.4, -0.2) is 36.1 Å². The van der Waals surface area contributed by atoms with E-state index in [0.29, 0.717) is 17.1 Å². The van der Waals surface area contributed by atoms with Crippen LogP contribution in [0.2, 0.25) is 5.15 Å². The largest absolute Gasteiger partial charge is 0.314 e. The average Bonchev–Trinajstić information content (AvgIpc) is 2.38. The molecule has 100 valence electrons. The molecule has 0 aliphatic carbocycles. The average molecular weight is 268 g/mol. The first-order valence-electron chi connectivity index (χ1n) is 6.73. The molecule has 1 fully saturated rings. The highest BCUT2D eigenvalue weighted by atomic mass is 35.5. The van der Waals surface area contributed by atoms with E-state index in [2.05, 4.69) is 35.1 Å². The van der Waals surface area contributed by atoms with Crippen molar-refractivity contribution in [3.63, 3.8) is 0 Å². The van der Waals surface area contributed by atoms with Crippen molar-refractivity contribution in [3.8, 4) is 0 Å². The fourth-order valence-corrected chi connectivity index (χ4v) is 2.81. The first-order chi connectivity index (χ1) is 8.68. The molecule has 0 unspecified atom stereocenters. The molecule has 0 bridgehead atoms. The lowest BCUT2D eigenvalue weighted by molar-refractivity contribution is 0.154. The van der Waals surface area contributed by atoms with Crippen molar-refractivity contribution in [2.45, 2.75) is 26.3 Å². The SMILES string of the molecule is CC(C)C[C@@H](c1cccnc1Cl)N1CCNCC1. The summed E-state index contributed by atoms with van der Waals surface area (Å²) >= 11 is 6.27. The third-order valence-electron chi connectivity index (χ3n) is 3.43. The highest BCUT2D eigenvalue weighted by molar-refractivity contribution is 6.30. The molecule has 2 heterocycles. The van der Waals surface area contributed by atoms with Gasteiger partial charge in [0.05, 0.1) is 0 Å².